The minimum Gasteiger partial charge on any atom is -0.366 e. The van der Waals surface area contributed by atoms with Crippen LogP contribution in [0.4, 0.5) is 0 Å². The number of hydrogen-bond acceptors (Lipinski definition) is 2. The van der Waals surface area contributed by atoms with Crippen LogP contribution in [-0.4, -0.2) is 15.5 Å². The number of carbonyl (C=O) groups excluding carboxylic acids is 1. The normalized spacial score (nSPS) is 10.8. The first-order valence-electron chi connectivity index (χ1n) is 7.64. The Balaban J connectivity index is 2.16. The van der Waals surface area contributed by atoms with E-state index in [0.717, 1.165) is 28.2 Å². The van der Waals surface area contributed by atoms with Crippen LogP contribution < -0.4 is 5.73 Å². The van der Waals surface area contributed by atoms with Gasteiger partial charge >= 0.3 is 0 Å². The van der Waals surface area contributed by atoms with Crippen molar-refractivity contribution >= 4 is 17.5 Å². The van der Waals surface area contributed by atoms with Crippen LogP contribution in [0.1, 0.15) is 27.4 Å². The van der Waals surface area contributed by atoms with Gasteiger partial charge in [-0.25, -0.2) is 0 Å². The van der Waals surface area contributed by atoms with Crippen molar-refractivity contribution in [2.75, 3.05) is 0 Å². The van der Waals surface area contributed by atoms with Crippen molar-refractivity contribution in [1.82, 2.24) is 9.55 Å². The molecule has 0 unspecified atom stereocenters. The molecular weight excluding hydrogens is 322 g/mol. The van der Waals surface area contributed by atoms with Gasteiger partial charge in [0.15, 0.2) is 0 Å². The van der Waals surface area contributed by atoms with Crippen molar-refractivity contribution in [3.05, 3.63) is 76.3 Å². The highest BCUT2D eigenvalue weighted by Crippen LogP contribution is 2.33. The smallest absolute Gasteiger partial charge is 0.251 e. The third-order valence-electron chi connectivity index (χ3n) is 4.21. The van der Waals surface area contributed by atoms with Crippen LogP contribution in [-0.2, 0) is 6.54 Å². The Labute approximate surface area is 145 Å². The second-order valence-corrected chi connectivity index (χ2v) is 6.14. The molecule has 2 aromatic heterocycles. The molecule has 2 heterocycles. The summed E-state index contributed by atoms with van der Waals surface area (Å²) < 4.78 is 2.08. The summed E-state index contributed by atoms with van der Waals surface area (Å²) in [6, 6.07) is 13.2. The fourth-order valence-corrected chi connectivity index (χ4v) is 3.17. The van der Waals surface area contributed by atoms with E-state index >= 15 is 0 Å². The van der Waals surface area contributed by atoms with E-state index in [4.69, 9.17) is 17.3 Å². The monoisotopic (exact) mass is 339 g/mol. The van der Waals surface area contributed by atoms with Gasteiger partial charge in [-0.3, -0.25) is 9.78 Å². The number of amides is 1. The van der Waals surface area contributed by atoms with Gasteiger partial charge in [0.05, 0.1) is 17.8 Å². The van der Waals surface area contributed by atoms with Crippen molar-refractivity contribution in [2.45, 2.75) is 20.4 Å². The van der Waals surface area contributed by atoms with Crippen molar-refractivity contribution in [2.24, 2.45) is 5.73 Å². The Morgan fingerprint density at radius 1 is 1.12 bits per heavy atom. The minimum atomic E-state index is -0.430. The summed E-state index contributed by atoms with van der Waals surface area (Å²) in [6.07, 6.45) is 1.76. The van der Waals surface area contributed by atoms with Crippen LogP contribution in [0.2, 0.25) is 5.02 Å². The average molecular weight is 340 g/mol. The first-order chi connectivity index (χ1) is 11.5. The largest absolute Gasteiger partial charge is 0.366 e. The molecule has 5 heteroatoms. The molecule has 2 N–H and O–H groups in total. The fourth-order valence-electron chi connectivity index (χ4n) is 3.05. The summed E-state index contributed by atoms with van der Waals surface area (Å²) in [6.45, 7) is 4.49. The SMILES string of the molecule is Cc1c(C(N)=O)c(-c2ccc(Cl)cc2)c(C)n1Cc1ccccn1. The molecular formula is C19H18ClN3O. The topological polar surface area (TPSA) is 60.9 Å². The molecule has 24 heavy (non-hydrogen) atoms. The van der Waals surface area contributed by atoms with Crippen molar-refractivity contribution in [3.63, 3.8) is 0 Å². The maximum Gasteiger partial charge on any atom is 0.251 e. The molecule has 122 valence electrons. The lowest BCUT2D eigenvalue weighted by Gasteiger charge is -2.09. The average Bonchev–Trinajstić information content (AvgIpc) is 2.81. The summed E-state index contributed by atoms with van der Waals surface area (Å²) in [7, 11) is 0. The maximum atomic E-state index is 12.1. The molecule has 0 saturated heterocycles. The molecule has 1 amide bonds. The second-order valence-electron chi connectivity index (χ2n) is 5.70. The predicted octanol–water partition coefficient (Wildman–Crippen LogP) is 3.97. The van der Waals surface area contributed by atoms with Crippen LogP contribution in [0.5, 0.6) is 0 Å². The number of nitrogens with two attached hydrogens (primary N) is 1. The zero-order chi connectivity index (χ0) is 17.3. The highest BCUT2D eigenvalue weighted by Gasteiger charge is 2.22. The van der Waals surface area contributed by atoms with Gasteiger partial charge in [-0.15, -0.1) is 0 Å². The number of halogens is 1. The Kier molecular flexibility index (Phi) is 4.40. The van der Waals surface area contributed by atoms with Gasteiger partial charge < -0.3 is 10.3 Å². The minimum absolute atomic E-state index is 0.430. The number of benzene rings is 1. The summed E-state index contributed by atoms with van der Waals surface area (Å²) in [5.41, 5.74) is 10.7. The lowest BCUT2D eigenvalue weighted by Crippen LogP contribution is -2.13. The molecule has 0 aliphatic carbocycles. The second kappa shape index (κ2) is 6.49. The van der Waals surface area contributed by atoms with E-state index in [1.165, 1.54) is 0 Å². The van der Waals surface area contributed by atoms with Crippen LogP contribution in [0, 0.1) is 13.8 Å². The van der Waals surface area contributed by atoms with E-state index in [1.54, 1.807) is 6.20 Å². The van der Waals surface area contributed by atoms with Crippen LogP contribution in [0.15, 0.2) is 48.7 Å². The molecule has 4 nitrogen and oxygen atoms in total. The number of hydrogen-bond donors (Lipinski definition) is 1. The molecule has 0 aliphatic rings. The molecule has 0 atom stereocenters. The molecule has 3 rings (SSSR count). The van der Waals surface area contributed by atoms with E-state index in [2.05, 4.69) is 9.55 Å². The van der Waals surface area contributed by atoms with Gasteiger partial charge in [0.25, 0.3) is 5.91 Å². The van der Waals surface area contributed by atoms with Gasteiger partial charge in [-0.2, -0.15) is 0 Å². The Bertz CT molecular complexity index is 883. The van der Waals surface area contributed by atoms with Crippen LogP contribution >= 0.6 is 11.6 Å². The van der Waals surface area contributed by atoms with E-state index in [-0.39, 0.29) is 0 Å². The number of primary amides is 1. The molecule has 0 aliphatic heterocycles. The summed E-state index contributed by atoms with van der Waals surface area (Å²) in [5.74, 6) is -0.430. The standard InChI is InChI=1S/C19H18ClN3O/c1-12-17(14-6-8-15(20)9-7-14)18(19(21)24)13(2)23(12)11-16-5-3-4-10-22-16/h3-10H,11H2,1-2H3,(H2,21,24). The van der Waals surface area contributed by atoms with Crippen LogP contribution in [0.25, 0.3) is 11.1 Å². The van der Waals surface area contributed by atoms with Gasteiger partial charge in [0.1, 0.15) is 0 Å². The molecule has 0 spiro atoms. The lowest BCUT2D eigenvalue weighted by molar-refractivity contribution is 0.1000. The lowest BCUT2D eigenvalue weighted by atomic mass is 10.0. The van der Waals surface area contributed by atoms with Gasteiger partial charge in [-0.05, 0) is 43.7 Å². The summed E-state index contributed by atoms with van der Waals surface area (Å²) in [4.78, 5) is 16.4. The first kappa shape index (κ1) is 16.3. The zero-order valence-corrected chi connectivity index (χ0v) is 14.3. The quantitative estimate of drug-likeness (QED) is 0.781. The Morgan fingerprint density at radius 2 is 1.83 bits per heavy atom. The van der Waals surface area contributed by atoms with E-state index in [0.29, 0.717) is 17.1 Å². The Hall–Kier alpha value is -2.59. The third-order valence-corrected chi connectivity index (χ3v) is 4.46. The number of rotatable bonds is 4. The number of pyridine rings is 1. The molecule has 1 aromatic carbocycles. The summed E-state index contributed by atoms with van der Waals surface area (Å²) >= 11 is 5.98. The van der Waals surface area contributed by atoms with E-state index in [9.17, 15) is 4.79 Å². The van der Waals surface area contributed by atoms with Gasteiger partial charge in [0, 0.05) is 28.2 Å². The van der Waals surface area contributed by atoms with Gasteiger partial charge in [0.2, 0.25) is 0 Å². The maximum absolute atomic E-state index is 12.1. The van der Waals surface area contributed by atoms with Crippen molar-refractivity contribution < 1.29 is 4.79 Å². The number of nitrogens with zero attached hydrogens (tertiary/aromatic N) is 2. The highest BCUT2D eigenvalue weighted by atomic mass is 35.5. The highest BCUT2D eigenvalue weighted by molar-refractivity contribution is 6.30. The van der Waals surface area contributed by atoms with E-state index in [1.807, 2.05) is 56.3 Å². The van der Waals surface area contributed by atoms with Crippen molar-refractivity contribution in [1.29, 1.82) is 0 Å². The third kappa shape index (κ3) is 2.93. The number of aromatic nitrogens is 2. The van der Waals surface area contributed by atoms with Gasteiger partial charge in [-0.1, -0.05) is 29.8 Å². The summed E-state index contributed by atoms with van der Waals surface area (Å²) in [5, 5.41) is 0.654. The predicted molar refractivity (Wildman–Crippen MR) is 96.2 cm³/mol. The van der Waals surface area contributed by atoms with Crippen molar-refractivity contribution in [3.8, 4) is 11.1 Å². The van der Waals surface area contributed by atoms with E-state index < -0.39 is 5.91 Å². The molecule has 0 fully saturated rings. The Morgan fingerprint density at radius 3 is 2.42 bits per heavy atom. The zero-order valence-electron chi connectivity index (χ0n) is 13.6. The molecule has 0 saturated carbocycles. The first-order valence-corrected chi connectivity index (χ1v) is 8.02. The molecule has 3 aromatic rings. The molecule has 0 bridgehead atoms. The number of carbonyl (C=O) groups is 1. The fraction of sp³-hybridized carbons (Fsp3) is 0.158. The van der Waals surface area contributed by atoms with Crippen LogP contribution in [0.3, 0.4) is 0 Å². The molecule has 0 radical (unpaired) electrons.